The van der Waals surface area contributed by atoms with Crippen molar-refractivity contribution in [1.82, 2.24) is 0 Å². The molecule has 4 heteroatoms. The van der Waals surface area contributed by atoms with E-state index in [1.54, 1.807) is 6.08 Å². The minimum absolute atomic E-state index is 0.0932. The summed E-state index contributed by atoms with van der Waals surface area (Å²) in [6, 6.07) is 9.57. The van der Waals surface area contributed by atoms with E-state index in [1.165, 1.54) is 0 Å². The Kier molecular flexibility index (Phi) is 2.92. The predicted molar refractivity (Wildman–Crippen MR) is 76.8 cm³/mol. The third-order valence-corrected chi connectivity index (χ3v) is 4.17. The molecule has 3 nitrogen and oxygen atoms in total. The van der Waals surface area contributed by atoms with Crippen molar-refractivity contribution in [1.29, 1.82) is 0 Å². The zero-order valence-electron chi connectivity index (χ0n) is 9.88. The second-order valence-electron chi connectivity index (χ2n) is 4.62. The Morgan fingerprint density at radius 3 is 2.79 bits per heavy atom. The summed E-state index contributed by atoms with van der Waals surface area (Å²) in [7, 11) is 0. The maximum absolute atomic E-state index is 11.0. The van der Waals surface area contributed by atoms with Gasteiger partial charge in [0, 0.05) is 4.47 Å². The normalized spacial score (nSPS) is 21.9. The molecule has 0 spiro atoms. The molecule has 1 aliphatic carbocycles. The van der Waals surface area contributed by atoms with Gasteiger partial charge in [0.1, 0.15) is 18.0 Å². The molecule has 19 heavy (non-hydrogen) atoms. The summed E-state index contributed by atoms with van der Waals surface area (Å²) in [5, 5.41) is 21.9. The molecule has 96 valence electrons. The summed E-state index contributed by atoms with van der Waals surface area (Å²) < 4.78 is 0.932. The lowest BCUT2D eigenvalue weighted by atomic mass is 9.85. The van der Waals surface area contributed by atoms with Crippen LogP contribution in [0, 0.1) is 5.92 Å². The van der Waals surface area contributed by atoms with Gasteiger partial charge in [-0.15, -0.1) is 0 Å². The highest BCUT2D eigenvalue weighted by atomic mass is 79.9. The second kappa shape index (κ2) is 4.47. The molecule has 1 aliphatic rings. The molecule has 2 unspecified atom stereocenters. The summed E-state index contributed by atoms with van der Waals surface area (Å²) in [6.45, 7) is 0. The highest BCUT2D eigenvalue weighted by Gasteiger charge is 2.30. The molecular weight excluding hydrogens is 308 g/mol. The molecule has 2 aromatic carbocycles. The summed E-state index contributed by atoms with van der Waals surface area (Å²) in [5.74, 6) is -0.975. The standard InChI is InChI=1S/C15H11BrO3/c16-13-3-1-2-8-4-9-5-14(18)12(7-17)15(19)11(9)6-10(8)13/h1-7,12,15,18-19H. The van der Waals surface area contributed by atoms with Gasteiger partial charge in [-0.25, -0.2) is 0 Å². The van der Waals surface area contributed by atoms with Crippen LogP contribution in [0.4, 0.5) is 0 Å². The fraction of sp³-hybridized carbons (Fsp3) is 0.133. The van der Waals surface area contributed by atoms with Crippen LogP contribution < -0.4 is 0 Å². The second-order valence-corrected chi connectivity index (χ2v) is 5.47. The molecule has 0 saturated carbocycles. The number of aldehydes is 1. The van der Waals surface area contributed by atoms with Crippen LogP contribution in [0.1, 0.15) is 17.2 Å². The number of carbonyl (C=O) groups is 1. The molecular formula is C15H11BrO3. The van der Waals surface area contributed by atoms with Crippen LogP contribution in [0.25, 0.3) is 16.8 Å². The van der Waals surface area contributed by atoms with Crippen molar-refractivity contribution in [3.05, 3.63) is 51.7 Å². The van der Waals surface area contributed by atoms with Crippen molar-refractivity contribution in [2.24, 2.45) is 5.92 Å². The van der Waals surface area contributed by atoms with E-state index in [4.69, 9.17) is 0 Å². The number of carbonyl (C=O) groups excluding carboxylic acids is 1. The molecule has 0 radical (unpaired) electrons. The first kappa shape index (κ1) is 12.4. The molecule has 0 aromatic heterocycles. The van der Waals surface area contributed by atoms with Crippen molar-refractivity contribution in [3.63, 3.8) is 0 Å². The van der Waals surface area contributed by atoms with Gasteiger partial charge in [0.2, 0.25) is 0 Å². The van der Waals surface area contributed by atoms with Gasteiger partial charge in [-0.3, -0.25) is 0 Å². The monoisotopic (exact) mass is 318 g/mol. The maximum atomic E-state index is 11.0. The van der Waals surface area contributed by atoms with Crippen molar-refractivity contribution < 1.29 is 15.0 Å². The third kappa shape index (κ3) is 1.88. The minimum Gasteiger partial charge on any atom is -0.511 e. The Balaban J connectivity index is 2.30. The first-order valence-electron chi connectivity index (χ1n) is 5.88. The van der Waals surface area contributed by atoms with Crippen LogP contribution in [-0.4, -0.2) is 16.5 Å². The molecule has 2 N–H and O–H groups in total. The smallest absolute Gasteiger partial charge is 0.133 e. The van der Waals surface area contributed by atoms with E-state index in [0.717, 1.165) is 20.8 Å². The Morgan fingerprint density at radius 2 is 2.05 bits per heavy atom. The topological polar surface area (TPSA) is 57.5 Å². The number of rotatable bonds is 1. The van der Waals surface area contributed by atoms with E-state index in [0.29, 0.717) is 11.8 Å². The predicted octanol–water partition coefficient (Wildman–Crippen LogP) is 3.36. The van der Waals surface area contributed by atoms with Gasteiger partial charge >= 0.3 is 0 Å². The maximum Gasteiger partial charge on any atom is 0.133 e. The quantitative estimate of drug-likeness (QED) is 0.793. The molecule has 0 fully saturated rings. The SMILES string of the molecule is O=CC1C(O)=Cc2cc3cccc(Br)c3cc2C1O. The largest absolute Gasteiger partial charge is 0.511 e. The molecule has 0 aliphatic heterocycles. The fourth-order valence-corrected chi connectivity index (χ4v) is 2.95. The van der Waals surface area contributed by atoms with Gasteiger partial charge < -0.3 is 15.0 Å². The van der Waals surface area contributed by atoms with Gasteiger partial charge in [0.15, 0.2) is 0 Å². The molecule has 0 bridgehead atoms. The van der Waals surface area contributed by atoms with E-state index in [2.05, 4.69) is 15.9 Å². The van der Waals surface area contributed by atoms with Crippen LogP contribution in [0.15, 0.2) is 40.6 Å². The van der Waals surface area contributed by atoms with Gasteiger partial charge in [-0.05, 0) is 46.2 Å². The van der Waals surface area contributed by atoms with Crippen molar-refractivity contribution in [3.8, 4) is 0 Å². The first-order chi connectivity index (χ1) is 9.11. The molecule has 0 saturated heterocycles. The van der Waals surface area contributed by atoms with E-state index < -0.39 is 12.0 Å². The summed E-state index contributed by atoms with van der Waals surface area (Å²) in [6.07, 6.45) is 1.11. The van der Waals surface area contributed by atoms with Crippen LogP contribution in [0.2, 0.25) is 0 Å². The Hall–Kier alpha value is -1.65. The lowest BCUT2D eigenvalue weighted by Crippen LogP contribution is -2.20. The summed E-state index contributed by atoms with van der Waals surface area (Å²) >= 11 is 3.47. The van der Waals surface area contributed by atoms with E-state index in [1.807, 2.05) is 30.3 Å². The van der Waals surface area contributed by atoms with Crippen molar-refractivity contribution in [2.45, 2.75) is 6.10 Å². The van der Waals surface area contributed by atoms with E-state index in [9.17, 15) is 15.0 Å². The van der Waals surface area contributed by atoms with E-state index in [-0.39, 0.29) is 5.76 Å². The number of hydrogen-bond donors (Lipinski definition) is 2. The average Bonchev–Trinajstić information content (AvgIpc) is 2.38. The Bertz CT molecular complexity index is 706. The number of aliphatic hydroxyl groups excluding tert-OH is 2. The Morgan fingerprint density at radius 1 is 1.26 bits per heavy atom. The van der Waals surface area contributed by atoms with Gasteiger partial charge in [0.25, 0.3) is 0 Å². The first-order valence-corrected chi connectivity index (χ1v) is 6.67. The van der Waals surface area contributed by atoms with Crippen molar-refractivity contribution in [2.75, 3.05) is 0 Å². The summed E-state index contributed by atoms with van der Waals surface area (Å²) in [5.41, 5.74) is 1.41. The van der Waals surface area contributed by atoms with E-state index >= 15 is 0 Å². The van der Waals surface area contributed by atoms with Crippen molar-refractivity contribution >= 4 is 39.1 Å². The van der Waals surface area contributed by atoms with Gasteiger partial charge in [-0.2, -0.15) is 0 Å². The summed E-state index contributed by atoms with van der Waals surface area (Å²) in [4.78, 5) is 11.0. The number of aliphatic hydroxyl groups is 2. The van der Waals surface area contributed by atoms with Gasteiger partial charge in [0.05, 0.1) is 6.10 Å². The highest BCUT2D eigenvalue weighted by molar-refractivity contribution is 9.10. The third-order valence-electron chi connectivity index (χ3n) is 3.48. The van der Waals surface area contributed by atoms with Gasteiger partial charge in [-0.1, -0.05) is 28.1 Å². The number of halogens is 1. The number of hydrogen-bond acceptors (Lipinski definition) is 3. The molecule has 3 rings (SSSR count). The number of benzene rings is 2. The molecule has 2 atom stereocenters. The lowest BCUT2D eigenvalue weighted by molar-refractivity contribution is -0.114. The van der Waals surface area contributed by atoms with Crippen LogP contribution in [-0.2, 0) is 4.79 Å². The number of fused-ring (bicyclic) bond motifs is 2. The molecule has 0 amide bonds. The minimum atomic E-state index is -1.01. The lowest BCUT2D eigenvalue weighted by Gasteiger charge is -2.25. The van der Waals surface area contributed by atoms with Crippen LogP contribution >= 0.6 is 15.9 Å². The zero-order valence-corrected chi connectivity index (χ0v) is 11.5. The van der Waals surface area contributed by atoms with Crippen LogP contribution in [0.3, 0.4) is 0 Å². The average molecular weight is 319 g/mol. The Labute approximate surface area is 118 Å². The molecule has 2 aromatic rings. The highest BCUT2D eigenvalue weighted by Crippen LogP contribution is 2.38. The zero-order chi connectivity index (χ0) is 13.6. The van der Waals surface area contributed by atoms with Crippen LogP contribution in [0.5, 0.6) is 0 Å². The molecule has 0 heterocycles. The fourth-order valence-electron chi connectivity index (χ4n) is 2.46.